The summed E-state index contributed by atoms with van der Waals surface area (Å²) in [6.07, 6.45) is 3.60. The summed E-state index contributed by atoms with van der Waals surface area (Å²) >= 11 is 0. The van der Waals surface area contributed by atoms with E-state index >= 15 is 0 Å². The van der Waals surface area contributed by atoms with Gasteiger partial charge in [0.05, 0.1) is 12.3 Å². The van der Waals surface area contributed by atoms with Crippen LogP contribution in [0, 0.1) is 6.92 Å². The second-order valence-corrected chi connectivity index (χ2v) is 2.70. The van der Waals surface area contributed by atoms with Crippen molar-refractivity contribution in [1.82, 2.24) is 5.32 Å². The lowest BCUT2D eigenvalue weighted by atomic mass is 10.1. The van der Waals surface area contributed by atoms with Crippen molar-refractivity contribution < 1.29 is 4.42 Å². The fourth-order valence-corrected chi connectivity index (χ4v) is 1.26. The molecule has 1 aromatic rings. The van der Waals surface area contributed by atoms with Crippen LogP contribution in [0.2, 0.25) is 0 Å². The molecule has 2 heteroatoms. The van der Waals surface area contributed by atoms with Gasteiger partial charge in [-0.25, -0.2) is 0 Å². The van der Waals surface area contributed by atoms with Crippen molar-refractivity contribution in [3.05, 3.63) is 36.3 Å². The average Bonchev–Trinajstić information content (AvgIpc) is 2.47. The van der Waals surface area contributed by atoms with Crippen LogP contribution in [-0.4, -0.2) is 6.54 Å². The molecule has 0 saturated heterocycles. The van der Waals surface area contributed by atoms with Crippen molar-refractivity contribution in [3.8, 4) is 0 Å². The molecule has 0 bridgehead atoms. The van der Waals surface area contributed by atoms with Gasteiger partial charge in [0.2, 0.25) is 0 Å². The zero-order valence-corrected chi connectivity index (χ0v) is 7.63. The van der Waals surface area contributed by atoms with Crippen LogP contribution < -0.4 is 5.32 Å². The molecular weight excluding hydrogens is 150 g/mol. The Morgan fingerprint density at radius 3 is 2.92 bits per heavy atom. The number of rotatable bonds is 4. The number of hydrogen-bond donors (Lipinski definition) is 1. The minimum absolute atomic E-state index is 0.216. The Labute approximate surface area is 73.3 Å². The summed E-state index contributed by atoms with van der Waals surface area (Å²) in [5, 5.41) is 3.30. The minimum atomic E-state index is 0.216. The standard InChI is InChI=1S/C10H15NO/c1-4-10(11-5-2)9-6-7-12-8(9)3/h4,6-7,10-11H,1,5H2,2-3H3. The molecule has 0 aliphatic rings. The Balaban J connectivity index is 2.79. The largest absolute Gasteiger partial charge is 0.469 e. The Hall–Kier alpha value is -1.02. The van der Waals surface area contributed by atoms with Crippen molar-refractivity contribution in [2.24, 2.45) is 0 Å². The highest BCUT2D eigenvalue weighted by Crippen LogP contribution is 2.18. The van der Waals surface area contributed by atoms with Gasteiger partial charge < -0.3 is 9.73 Å². The summed E-state index contributed by atoms with van der Waals surface area (Å²) in [4.78, 5) is 0. The van der Waals surface area contributed by atoms with E-state index in [1.807, 2.05) is 19.1 Å². The van der Waals surface area contributed by atoms with Crippen LogP contribution in [0.15, 0.2) is 29.4 Å². The first kappa shape index (κ1) is 9.07. The van der Waals surface area contributed by atoms with E-state index in [1.54, 1.807) is 6.26 Å². The monoisotopic (exact) mass is 165 g/mol. The number of hydrogen-bond acceptors (Lipinski definition) is 2. The molecule has 0 spiro atoms. The third-order valence-corrected chi connectivity index (χ3v) is 1.89. The maximum atomic E-state index is 5.21. The van der Waals surface area contributed by atoms with E-state index in [0.29, 0.717) is 0 Å². The van der Waals surface area contributed by atoms with E-state index < -0.39 is 0 Å². The second-order valence-electron chi connectivity index (χ2n) is 2.70. The number of likely N-dealkylation sites (N-methyl/N-ethyl adjacent to an activating group) is 1. The normalized spacial score (nSPS) is 12.8. The van der Waals surface area contributed by atoms with E-state index in [1.165, 1.54) is 5.56 Å². The van der Waals surface area contributed by atoms with E-state index in [9.17, 15) is 0 Å². The fraction of sp³-hybridized carbons (Fsp3) is 0.400. The van der Waals surface area contributed by atoms with Crippen LogP contribution in [-0.2, 0) is 0 Å². The molecule has 0 aliphatic carbocycles. The van der Waals surface area contributed by atoms with Gasteiger partial charge in [0, 0.05) is 5.56 Å². The van der Waals surface area contributed by atoms with Crippen molar-refractivity contribution in [3.63, 3.8) is 0 Å². The lowest BCUT2D eigenvalue weighted by Crippen LogP contribution is -2.18. The molecule has 0 fully saturated rings. The topological polar surface area (TPSA) is 25.2 Å². The molecule has 66 valence electrons. The Morgan fingerprint density at radius 1 is 1.75 bits per heavy atom. The predicted octanol–water partition coefficient (Wildman–Crippen LogP) is 2.42. The highest BCUT2D eigenvalue weighted by molar-refractivity contribution is 5.23. The first-order chi connectivity index (χ1) is 5.79. The van der Waals surface area contributed by atoms with Gasteiger partial charge in [-0.15, -0.1) is 6.58 Å². The molecule has 1 unspecified atom stereocenters. The van der Waals surface area contributed by atoms with Gasteiger partial charge in [0.15, 0.2) is 0 Å². The van der Waals surface area contributed by atoms with Gasteiger partial charge in [-0.2, -0.15) is 0 Å². The predicted molar refractivity (Wildman–Crippen MR) is 50.1 cm³/mol. The van der Waals surface area contributed by atoms with Crippen molar-refractivity contribution in [2.75, 3.05) is 6.54 Å². The van der Waals surface area contributed by atoms with E-state index in [-0.39, 0.29) is 6.04 Å². The third kappa shape index (κ3) is 1.77. The zero-order valence-electron chi connectivity index (χ0n) is 7.63. The maximum absolute atomic E-state index is 5.21. The average molecular weight is 165 g/mol. The Morgan fingerprint density at radius 2 is 2.50 bits per heavy atom. The van der Waals surface area contributed by atoms with Crippen molar-refractivity contribution in [1.29, 1.82) is 0 Å². The molecule has 1 aromatic heterocycles. The Kier molecular flexibility index (Phi) is 3.11. The first-order valence-corrected chi connectivity index (χ1v) is 4.19. The molecule has 12 heavy (non-hydrogen) atoms. The molecule has 1 atom stereocenters. The lowest BCUT2D eigenvalue weighted by molar-refractivity contribution is 0.522. The van der Waals surface area contributed by atoms with Crippen LogP contribution in [0.4, 0.5) is 0 Å². The minimum Gasteiger partial charge on any atom is -0.469 e. The Bertz CT molecular complexity index is 252. The van der Waals surface area contributed by atoms with Gasteiger partial charge in [-0.1, -0.05) is 13.0 Å². The summed E-state index contributed by atoms with van der Waals surface area (Å²) in [6.45, 7) is 8.74. The molecule has 0 amide bonds. The molecule has 0 radical (unpaired) electrons. The number of aryl methyl sites for hydroxylation is 1. The molecule has 2 nitrogen and oxygen atoms in total. The molecular formula is C10H15NO. The highest BCUT2D eigenvalue weighted by atomic mass is 16.3. The number of furan rings is 1. The molecule has 1 rings (SSSR count). The molecule has 0 aliphatic heterocycles. The highest BCUT2D eigenvalue weighted by Gasteiger charge is 2.09. The van der Waals surface area contributed by atoms with Gasteiger partial charge >= 0.3 is 0 Å². The van der Waals surface area contributed by atoms with Crippen LogP contribution in [0.5, 0.6) is 0 Å². The fourth-order valence-electron chi connectivity index (χ4n) is 1.26. The van der Waals surface area contributed by atoms with Crippen molar-refractivity contribution >= 4 is 0 Å². The molecule has 1 heterocycles. The molecule has 0 aromatic carbocycles. The van der Waals surface area contributed by atoms with Gasteiger partial charge in [-0.3, -0.25) is 0 Å². The summed E-state index contributed by atoms with van der Waals surface area (Å²) in [5.74, 6) is 0.959. The molecule has 0 saturated carbocycles. The van der Waals surface area contributed by atoms with Gasteiger partial charge in [-0.05, 0) is 19.5 Å². The molecule has 1 N–H and O–H groups in total. The maximum Gasteiger partial charge on any atom is 0.105 e. The SMILES string of the molecule is C=CC(NCC)c1ccoc1C. The van der Waals surface area contributed by atoms with Crippen molar-refractivity contribution in [2.45, 2.75) is 19.9 Å². The zero-order chi connectivity index (χ0) is 8.97. The smallest absolute Gasteiger partial charge is 0.105 e. The second kappa shape index (κ2) is 4.12. The van der Waals surface area contributed by atoms with Crippen LogP contribution in [0.25, 0.3) is 0 Å². The quantitative estimate of drug-likeness (QED) is 0.693. The van der Waals surface area contributed by atoms with Gasteiger partial charge in [0.25, 0.3) is 0 Å². The van der Waals surface area contributed by atoms with Crippen LogP contribution >= 0.6 is 0 Å². The summed E-state index contributed by atoms with van der Waals surface area (Å²) < 4.78 is 5.21. The first-order valence-electron chi connectivity index (χ1n) is 4.19. The van der Waals surface area contributed by atoms with E-state index in [2.05, 4.69) is 18.8 Å². The lowest BCUT2D eigenvalue weighted by Gasteiger charge is -2.11. The van der Waals surface area contributed by atoms with E-state index in [4.69, 9.17) is 4.42 Å². The van der Waals surface area contributed by atoms with Gasteiger partial charge in [0.1, 0.15) is 5.76 Å². The van der Waals surface area contributed by atoms with Crippen LogP contribution in [0.1, 0.15) is 24.3 Å². The summed E-state index contributed by atoms with van der Waals surface area (Å²) in [6, 6.07) is 2.19. The summed E-state index contributed by atoms with van der Waals surface area (Å²) in [7, 11) is 0. The van der Waals surface area contributed by atoms with E-state index in [0.717, 1.165) is 12.3 Å². The number of nitrogens with one attached hydrogen (secondary N) is 1. The summed E-state index contributed by atoms with van der Waals surface area (Å²) in [5.41, 5.74) is 1.17. The third-order valence-electron chi connectivity index (χ3n) is 1.89. The van der Waals surface area contributed by atoms with Crippen LogP contribution in [0.3, 0.4) is 0 Å².